The van der Waals surface area contributed by atoms with Crippen molar-refractivity contribution >= 4 is 33.9 Å². The maximum Gasteiger partial charge on any atom is 0.193 e. The molecule has 23 heavy (non-hydrogen) atoms. The molecule has 0 amide bonds. The van der Waals surface area contributed by atoms with E-state index in [0.29, 0.717) is 13.1 Å². The number of aromatic nitrogens is 2. The van der Waals surface area contributed by atoms with Crippen molar-refractivity contribution in [3.63, 3.8) is 0 Å². The highest BCUT2D eigenvalue weighted by atomic mass is 35.5. The normalized spacial score (nSPS) is 11.8. The van der Waals surface area contributed by atoms with Crippen molar-refractivity contribution in [2.24, 2.45) is 4.99 Å². The molecule has 2 N–H and O–H groups in total. The van der Waals surface area contributed by atoms with E-state index >= 15 is 0 Å². The Bertz CT molecular complexity index is 779. The lowest BCUT2D eigenvalue weighted by Crippen LogP contribution is -2.36. The van der Waals surface area contributed by atoms with Crippen LogP contribution in [0.3, 0.4) is 0 Å². The predicted octanol–water partition coefficient (Wildman–Crippen LogP) is 3.30. The van der Waals surface area contributed by atoms with Gasteiger partial charge in [-0.3, -0.25) is 4.40 Å². The molecule has 0 unspecified atom stereocenters. The minimum absolute atomic E-state index is 0.578. The first-order valence-electron chi connectivity index (χ1n) is 7.42. The van der Waals surface area contributed by atoms with Gasteiger partial charge < -0.3 is 10.6 Å². The molecule has 0 saturated heterocycles. The Hall–Kier alpha value is -2.05. The van der Waals surface area contributed by atoms with Crippen LogP contribution in [0.25, 0.3) is 4.96 Å². The third-order valence-corrected chi connectivity index (χ3v) is 4.24. The number of hydrogen-bond donors (Lipinski definition) is 2. The maximum absolute atomic E-state index is 6.00. The van der Waals surface area contributed by atoms with Crippen molar-refractivity contribution in [3.05, 3.63) is 58.3 Å². The van der Waals surface area contributed by atoms with Crippen molar-refractivity contribution in [2.75, 3.05) is 6.54 Å². The van der Waals surface area contributed by atoms with Crippen LogP contribution in [-0.4, -0.2) is 21.9 Å². The van der Waals surface area contributed by atoms with Gasteiger partial charge in [-0.15, -0.1) is 11.3 Å². The van der Waals surface area contributed by atoms with Gasteiger partial charge in [-0.2, -0.15) is 0 Å². The second-order valence-electron chi connectivity index (χ2n) is 5.00. The molecule has 3 aromatic rings. The Morgan fingerprint density at radius 1 is 1.39 bits per heavy atom. The molecule has 0 bridgehead atoms. The average Bonchev–Trinajstić information content (AvgIpc) is 3.11. The van der Waals surface area contributed by atoms with Crippen LogP contribution < -0.4 is 10.6 Å². The molecule has 1 aromatic carbocycles. The van der Waals surface area contributed by atoms with E-state index in [-0.39, 0.29) is 0 Å². The number of halogens is 1. The topological polar surface area (TPSA) is 53.7 Å². The summed E-state index contributed by atoms with van der Waals surface area (Å²) in [5, 5.41) is 9.30. The number of nitrogens with one attached hydrogen (secondary N) is 2. The van der Waals surface area contributed by atoms with Crippen molar-refractivity contribution in [1.82, 2.24) is 20.0 Å². The number of benzene rings is 1. The smallest absolute Gasteiger partial charge is 0.193 e. The van der Waals surface area contributed by atoms with Crippen LogP contribution >= 0.6 is 22.9 Å². The van der Waals surface area contributed by atoms with Crippen LogP contribution in [0.15, 0.2) is 47.0 Å². The van der Waals surface area contributed by atoms with E-state index in [1.807, 2.05) is 53.4 Å². The summed E-state index contributed by atoms with van der Waals surface area (Å²) < 4.78 is 2.03. The lowest BCUT2D eigenvalue weighted by atomic mass is 10.2. The van der Waals surface area contributed by atoms with E-state index < -0.39 is 0 Å². The van der Waals surface area contributed by atoms with Gasteiger partial charge >= 0.3 is 0 Å². The van der Waals surface area contributed by atoms with E-state index in [1.54, 1.807) is 11.3 Å². The van der Waals surface area contributed by atoms with E-state index in [1.165, 1.54) is 0 Å². The van der Waals surface area contributed by atoms with Gasteiger partial charge in [-0.05, 0) is 24.6 Å². The Morgan fingerprint density at radius 3 is 3.09 bits per heavy atom. The first-order chi connectivity index (χ1) is 11.2. The fourth-order valence-corrected chi connectivity index (χ4v) is 3.11. The van der Waals surface area contributed by atoms with Gasteiger partial charge in [0.25, 0.3) is 0 Å². The van der Waals surface area contributed by atoms with E-state index in [2.05, 4.69) is 20.6 Å². The van der Waals surface area contributed by atoms with Crippen LogP contribution in [0.5, 0.6) is 0 Å². The number of imidazole rings is 1. The highest BCUT2D eigenvalue weighted by molar-refractivity contribution is 7.15. The quantitative estimate of drug-likeness (QED) is 0.550. The SMILES string of the molecule is CCNC(=NCc1cccc(Cl)c1)NCc1cn2ccsc2n1. The van der Waals surface area contributed by atoms with Crippen LogP contribution in [0.4, 0.5) is 0 Å². The van der Waals surface area contributed by atoms with Crippen molar-refractivity contribution in [1.29, 1.82) is 0 Å². The van der Waals surface area contributed by atoms with Gasteiger partial charge in [0, 0.05) is 29.3 Å². The van der Waals surface area contributed by atoms with Gasteiger partial charge in [0.15, 0.2) is 10.9 Å². The number of thiazole rings is 1. The fourth-order valence-electron chi connectivity index (χ4n) is 2.18. The Labute approximate surface area is 144 Å². The molecule has 0 atom stereocenters. The fraction of sp³-hybridized carbons (Fsp3) is 0.250. The highest BCUT2D eigenvalue weighted by Crippen LogP contribution is 2.12. The lowest BCUT2D eigenvalue weighted by molar-refractivity contribution is 0.804. The monoisotopic (exact) mass is 347 g/mol. The molecule has 0 aliphatic heterocycles. The van der Waals surface area contributed by atoms with Crippen LogP contribution in [0.1, 0.15) is 18.2 Å². The summed E-state index contributed by atoms with van der Waals surface area (Å²) in [6.45, 7) is 4.06. The molecule has 0 aliphatic carbocycles. The highest BCUT2D eigenvalue weighted by Gasteiger charge is 2.04. The molecule has 2 aromatic heterocycles. The van der Waals surface area contributed by atoms with Crippen LogP contribution in [0, 0.1) is 0 Å². The summed E-state index contributed by atoms with van der Waals surface area (Å²) >= 11 is 7.63. The zero-order valence-electron chi connectivity index (χ0n) is 12.8. The summed E-state index contributed by atoms with van der Waals surface area (Å²) in [5.74, 6) is 0.767. The maximum atomic E-state index is 6.00. The second kappa shape index (κ2) is 7.48. The minimum Gasteiger partial charge on any atom is -0.357 e. The summed E-state index contributed by atoms with van der Waals surface area (Å²) in [6.07, 6.45) is 4.04. The number of fused-ring (bicyclic) bond motifs is 1. The first-order valence-corrected chi connectivity index (χ1v) is 8.68. The average molecular weight is 348 g/mol. The van der Waals surface area contributed by atoms with Gasteiger partial charge in [0.05, 0.1) is 18.8 Å². The van der Waals surface area contributed by atoms with Crippen molar-refractivity contribution < 1.29 is 0 Å². The summed E-state index contributed by atoms with van der Waals surface area (Å²) in [4.78, 5) is 10.1. The number of nitrogens with zero attached hydrogens (tertiary/aromatic N) is 3. The molecule has 7 heteroatoms. The van der Waals surface area contributed by atoms with Gasteiger partial charge in [-0.1, -0.05) is 23.7 Å². The minimum atomic E-state index is 0.578. The van der Waals surface area contributed by atoms with Crippen molar-refractivity contribution in [2.45, 2.75) is 20.0 Å². The molecular formula is C16H18ClN5S. The summed E-state index contributed by atoms with van der Waals surface area (Å²) in [7, 11) is 0. The molecule has 0 saturated carbocycles. The summed E-state index contributed by atoms with van der Waals surface area (Å²) in [5.41, 5.74) is 2.07. The lowest BCUT2D eigenvalue weighted by Gasteiger charge is -2.10. The van der Waals surface area contributed by atoms with Crippen LogP contribution in [-0.2, 0) is 13.1 Å². The molecule has 2 heterocycles. The van der Waals surface area contributed by atoms with Gasteiger partial charge in [-0.25, -0.2) is 9.98 Å². The van der Waals surface area contributed by atoms with Gasteiger partial charge in [0.1, 0.15) is 0 Å². The Morgan fingerprint density at radius 2 is 2.30 bits per heavy atom. The number of hydrogen-bond acceptors (Lipinski definition) is 3. The first kappa shape index (κ1) is 15.8. The van der Waals surface area contributed by atoms with Crippen LogP contribution in [0.2, 0.25) is 5.02 Å². The zero-order valence-corrected chi connectivity index (χ0v) is 14.4. The molecule has 0 fully saturated rings. The standard InChI is InChI=1S/C16H18ClN5S/c1-2-18-15(19-9-12-4-3-5-13(17)8-12)20-10-14-11-22-6-7-23-16(22)21-14/h3-8,11H,2,9-10H2,1H3,(H2,18,19,20). The van der Waals surface area contributed by atoms with E-state index in [4.69, 9.17) is 11.6 Å². The van der Waals surface area contributed by atoms with E-state index in [0.717, 1.165) is 33.7 Å². The van der Waals surface area contributed by atoms with Crippen molar-refractivity contribution in [3.8, 4) is 0 Å². The van der Waals surface area contributed by atoms with Gasteiger partial charge in [0.2, 0.25) is 0 Å². The molecule has 0 radical (unpaired) electrons. The molecule has 5 nitrogen and oxygen atoms in total. The molecule has 120 valence electrons. The number of rotatable bonds is 5. The van der Waals surface area contributed by atoms with E-state index in [9.17, 15) is 0 Å². The number of guanidine groups is 1. The molecule has 3 rings (SSSR count). The largest absolute Gasteiger partial charge is 0.357 e. The third-order valence-electron chi connectivity index (χ3n) is 3.23. The molecule has 0 spiro atoms. The Kier molecular flexibility index (Phi) is 5.15. The number of aliphatic imine (C=N–C) groups is 1. The zero-order chi connectivity index (χ0) is 16.1. The third kappa shape index (κ3) is 4.24. The predicted molar refractivity (Wildman–Crippen MR) is 96.2 cm³/mol. The molecule has 0 aliphatic rings. The molecular weight excluding hydrogens is 330 g/mol. The Balaban J connectivity index is 1.63. The second-order valence-corrected chi connectivity index (χ2v) is 6.31. The summed E-state index contributed by atoms with van der Waals surface area (Å²) in [6, 6.07) is 7.74.